The topological polar surface area (TPSA) is 49.8 Å². The summed E-state index contributed by atoms with van der Waals surface area (Å²) >= 11 is 3.30. The van der Waals surface area contributed by atoms with Crippen molar-refractivity contribution < 1.29 is 4.52 Å². The first-order chi connectivity index (χ1) is 8.70. The zero-order valence-corrected chi connectivity index (χ0v) is 13.0. The van der Waals surface area contributed by atoms with E-state index in [1.807, 2.05) is 27.0 Å². The van der Waals surface area contributed by atoms with Crippen LogP contribution in [0.4, 0.5) is 0 Å². The molecule has 0 aliphatic heterocycles. The number of aromatic nitrogens is 1. The van der Waals surface area contributed by atoms with Crippen molar-refractivity contribution in [3.05, 3.63) is 34.5 Å². The quantitative estimate of drug-likeness (QED) is 0.714. The van der Waals surface area contributed by atoms with Crippen LogP contribution in [0.1, 0.15) is 29.9 Å². The lowest BCUT2D eigenvalue weighted by Gasteiger charge is -1.91. The van der Waals surface area contributed by atoms with Crippen LogP contribution in [0.25, 0.3) is 0 Å². The van der Waals surface area contributed by atoms with Crippen molar-refractivity contribution in [3.63, 3.8) is 0 Å². The second kappa shape index (κ2) is 9.75. The fourth-order valence-corrected chi connectivity index (χ4v) is 2.93. The summed E-state index contributed by atoms with van der Waals surface area (Å²) in [5.74, 6) is 0. The van der Waals surface area contributed by atoms with Crippen LogP contribution in [0, 0.1) is 25.2 Å². The highest BCUT2D eigenvalue weighted by atomic mass is 32.2. The van der Waals surface area contributed by atoms with Crippen molar-refractivity contribution in [2.45, 2.75) is 31.9 Å². The Morgan fingerprint density at radius 3 is 2.22 bits per heavy atom. The van der Waals surface area contributed by atoms with Crippen LogP contribution in [-0.4, -0.2) is 11.4 Å². The summed E-state index contributed by atoms with van der Waals surface area (Å²) in [7, 11) is 0. The van der Waals surface area contributed by atoms with Gasteiger partial charge in [0.25, 0.3) is 0 Å². The molecule has 0 aromatic carbocycles. The molecule has 5 heteroatoms. The van der Waals surface area contributed by atoms with E-state index >= 15 is 0 Å². The second-order valence-electron chi connectivity index (χ2n) is 2.97. The predicted octanol–water partition coefficient (Wildman–Crippen LogP) is 4.66. The van der Waals surface area contributed by atoms with E-state index in [9.17, 15) is 0 Å². The Labute approximate surface area is 117 Å². The Morgan fingerprint density at radius 1 is 1.33 bits per heavy atom. The van der Waals surface area contributed by atoms with Crippen LogP contribution in [0.3, 0.4) is 0 Å². The van der Waals surface area contributed by atoms with Gasteiger partial charge in [-0.1, -0.05) is 19.0 Å². The van der Waals surface area contributed by atoms with Crippen molar-refractivity contribution in [2.75, 3.05) is 6.26 Å². The molecule has 0 N–H and O–H groups in total. The molecule has 0 aliphatic rings. The van der Waals surface area contributed by atoms with Crippen molar-refractivity contribution in [2.24, 2.45) is 0 Å². The summed E-state index contributed by atoms with van der Waals surface area (Å²) in [5, 5.41) is 12.1. The highest BCUT2D eigenvalue weighted by Gasteiger charge is 2.09. The Bertz CT molecular complexity index is 453. The predicted molar refractivity (Wildman–Crippen MR) is 78.1 cm³/mol. The van der Waals surface area contributed by atoms with Gasteiger partial charge >= 0.3 is 0 Å². The smallest absolute Gasteiger partial charge is 0.123 e. The molecular weight excluding hydrogens is 264 g/mol. The Morgan fingerprint density at radius 2 is 2.00 bits per heavy atom. The van der Waals surface area contributed by atoms with Crippen molar-refractivity contribution in [1.82, 2.24) is 5.16 Å². The number of nitrogens with zero attached hydrogens (tertiary/aromatic N) is 2. The Kier molecular flexibility index (Phi) is 9.07. The minimum atomic E-state index is 0.854. The summed E-state index contributed by atoms with van der Waals surface area (Å²) in [6.07, 6.45) is 5.14. The number of thioether (sulfide) groups is 1. The molecule has 18 heavy (non-hydrogen) atoms. The summed E-state index contributed by atoms with van der Waals surface area (Å²) in [6.45, 7) is 8.07. The number of nitriles is 1. The van der Waals surface area contributed by atoms with Gasteiger partial charge in [-0.15, -0.1) is 23.1 Å². The monoisotopic (exact) mass is 282 g/mol. The molecule has 98 valence electrons. The van der Waals surface area contributed by atoms with Crippen LogP contribution in [0.5, 0.6) is 0 Å². The van der Waals surface area contributed by atoms with Gasteiger partial charge in [-0.3, -0.25) is 0 Å². The molecule has 2 aromatic heterocycles. The molecule has 0 radical (unpaired) electrons. The number of rotatable bonds is 1. The van der Waals surface area contributed by atoms with Gasteiger partial charge in [0.15, 0.2) is 0 Å². The van der Waals surface area contributed by atoms with Crippen molar-refractivity contribution in [1.29, 1.82) is 5.26 Å². The number of hydrogen-bond donors (Lipinski definition) is 0. The molecule has 2 rings (SSSR count). The fraction of sp³-hybridized carbons (Fsp3) is 0.385. The lowest BCUT2D eigenvalue weighted by atomic mass is 10.2. The molecule has 0 saturated carbocycles. The molecule has 0 atom stereocenters. The van der Waals surface area contributed by atoms with E-state index < -0.39 is 0 Å². The molecule has 0 bridgehead atoms. The molecule has 2 heterocycles. The van der Waals surface area contributed by atoms with Gasteiger partial charge in [0, 0.05) is 0 Å². The van der Waals surface area contributed by atoms with Gasteiger partial charge in [-0.05, 0) is 37.3 Å². The molecule has 0 unspecified atom stereocenters. The normalized spacial score (nSPS) is 8.44. The molecule has 0 fully saturated rings. The second-order valence-corrected chi connectivity index (χ2v) is 5.07. The maximum atomic E-state index is 8.70. The van der Waals surface area contributed by atoms with E-state index in [2.05, 4.69) is 22.7 Å². The van der Waals surface area contributed by atoms with Gasteiger partial charge in [-0.2, -0.15) is 5.26 Å². The van der Waals surface area contributed by atoms with Gasteiger partial charge in [0.1, 0.15) is 17.2 Å². The first-order valence-electron chi connectivity index (χ1n) is 5.59. The van der Waals surface area contributed by atoms with E-state index in [1.54, 1.807) is 35.4 Å². The van der Waals surface area contributed by atoms with E-state index in [0.29, 0.717) is 0 Å². The highest BCUT2D eigenvalue weighted by Crippen LogP contribution is 2.33. The standard InChI is InChI=1S/C8H9NS2.C3H3NO.C2H6/c1-5-6(2)8(10-3)11-7(5)4-9;1-2-4-5-3-1;1-2/h1-3H3;1-3H;1-2H3. The minimum absolute atomic E-state index is 0.854. The molecular formula is C13H18N2OS2. The maximum Gasteiger partial charge on any atom is 0.123 e. The summed E-state index contributed by atoms with van der Waals surface area (Å²) in [4.78, 5) is 0.854. The lowest BCUT2D eigenvalue weighted by Crippen LogP contribution is -1.74. The van der Waals surface area contributed by atoms with E-state index in [4.69, 9.17) is 5.26 Å². The van der Waals surface area contributed by atoms with E-state index in [1.165, 1.54) is 16.0 Å². The summed E-state index contributed by atoms with van der Waals surface area (Å²) in [6, 6.07) is 3.92. The maximum absolute atomic E-state index is 8.70. The van der Waals surface area contributed by atoms with Gasteiger partial charge in [0.2, 0.25) is 0 Å². The minimum Gasteiger partial charge on any atom is -0.365 e. The first-order valence-corrected chi connectivity index (χ1v) is 7.63. The Hall–Kier alpha value is -1.25. The number of thiophene rings is 1. The van der Waals surface area contributed by atoms with Gasteiger partial charge in [-0.25, -0.2) is 0 Å². The van der Waals surface area contributed by atoms with E-state index in [-0.39, 0.29) is 0 Å². The fourth-order valence-electron chi connectivity index (χ4n) is 1.05. The molecule has 3 nitrogen and oxygen atoms in total. The largest absolute Gasteiger partial charge is 0.365 e. The van der Waals surface area contributed by atoms with Crippen LogP contribution < -0.4 is 0 Å². The third-order valence-corrected chi connectivity index (χ3v) is 4.56. The first kappa shape index (κ1) is 16.8. The number of hydrogen-bond acceptors (Lipinski definition) is 5. The average molecular weight is 282 g/mol. The molecule has 2 aromatic rings. The third kappa shape index (κ3) is 4.94. The highest BCUT2D eigenvalue weighted by molar-refractivity contribution is 8.00. The Balaban J connectivity index is 0.000000343. The SMILES string of the molecule is CC.CSc1sc(C#N)c(C)c1C.c1cnoc1. The zero-order chi connectivity index (χ0) is 14.0. The van der Waals surface area contributed by atoms with Crippen LogP contribution >= 0.6 is 23.1 Å². The average Bonchev–Trinajstić information content (AvgIpc) is 3.07. The third-order valence-electron chi connectivity index (χ3n) is 2.04. The zero-order valence-electron chi connectivity index (χ0n) is 11.4. The van der Waals surface area contributed by atoms with Crippen molar-refractivity contribution in [3.8, 4) is 6.07 Å². The molecule has 0 aliphatic carbocycles. The van der Waals surface area contributed by atoms with Gasteiger partial charge < -0.3 is 4.52 Å². The van der Waals surface area contributed by atoms with Crippen LogP contribution in [0.15, 0.2) is 27.3 Å². The molecule has 0 spiro atoms. The summed E-state index contributed by atoms with van der Waals surface area (Å²) < 4.78 is 5.60. The molecule has 0 amide bonds. The van der Waals surface area contributed by atoms with Gasteiger partial charge in [0.05, 0.1) is 10.4 Å². The molecule has 0 saturated heterocycles. The van der Waals surface area contributed by atoms with Crippen LogP contribution in [0.2, 0.25) is 0 Å². The van der Waals surface area contributed by atoms with Crippen molar-refractivity contribution >= 4 is 23.1 Å². The lowest BCUT2D eigenvalue weighted by molar-refractivity contribution is 0.420. The summed E-state index contributed by atoms with van der Waals surface area (Å²) in [5.41, 5.74) is 2.40. The van der Waals surface area contributed by atoms with E-state index in [0.717, 1.165) is 10.4 Å². The van der Waals surface area contributed by atoms with Crippen LogP contribution in [-0.2, 0) is 0 Å².